The lowest BCUT2D eigenvalue weighted by atomic mass is 9.61. The second-order valence-electron chi connectivity index (χ2n) is 10.4. The van der Waals surface area contributed by atoms with Gasteiger partial charge in [0.1, 0.15) is 6.10 Å². The third-order valence-electron chi connectivity index (χ3n) is 7.26. The summed E-state index contributed by atoms with van der Waals surface area (Å²) in [5.74, 6) is 2.21. The van der Waals surface area contributed by atoms with Crippen LogP contribution in [0.1, 0.15) is 65.7 Å². The van der Waals surface area contributed by atoms with Gasteiger partial charge in [-0.15, -0.1) is 0 Å². The number of carbonyl (C=O) groups is 1. The molecule has 0 N–H and O–H groups in total. The summed E-state index contributed by atoms with van der Waals surface area (Å²) in [4.78, 5) is 11.7. The zero-order valence-corrected chi connectivity index (χ0v) is 18.1. The number of esters is 1. The van der Waals surface area contributed by atoms with Crippen LogP contribution >= 0.6 is 0 Å². The lowest BCUT2D eigenvalue weighted by Crippen LogP contribution is -2.46. The van der Waals surface area contributed by atoms with E-state index in [1.807, 2.05) is 6.92 Å². The van der Waals surface area contributed by atoms with Crippen LogP contribution < -0.4 is 0 Å². The van der Waals surface area contributed by atoms with Gasteiger partial charge in [-0.05, 0) is 81.3 Å². The molecule has 1 saturated heterocycles. The number of carbonyl (C=O) groups excluding carboxylic acids is 1. The minimum atomic E-state index is -1.49. The summed E-state index contributed by atoms with van der Waals surface area (Å²) in [5.41, 5.74) is 0.413. The van der Waals surface area contributed by atoms with Gasteiger partial charge in [-0.3, -0.25) is 4.79 Å². The van der Waals surface area contributed by atoms with E-state index in [-0.39, 0.29) is 18.0 Å². The standard InChI is InChI=1S/C21H38O3Si/c1-14(12-16-13-15(2)20(22)23-16)17-9-10-18-19(24-25(4,5)6)8-7-11-21(17,18)3/h14-19H,7-13H2,1-6H3/t14-,15+,16-,17-,18?,19?,21-/m1/s1. The fraction of sp³-hybridized carbons (Fsp3) is 0.952. The molecule has 0 radical (unpaired) electrons. The minimum Gasteiger partial charge on any atom is -0.462 e. The highest BCUT2D eigenvalue weighted by Crippen LogP contribution is 2.59. The van der Waals surface area contributed by atoms with Gasteiger partial charge in [0.05, 0.1) is 5.92 Å². The molecule has 7 atom stereocenters. The Morgan fingerprint density at radius 3 is 2.60 bits per heavy atom. The maximum atomic E-state index is 11.7. The number of hydrogen-bond donors (Lipinski definition) is 0. The first-order chi connectivity index (χ1) is 11.6. The lowest BCUT2D eigenvalue weighted by Gasteiger charge is -2.48. The van der Waals surface area contributed by atoms with Crippen molar-refractivity contribution in [3.63, 3.8) is 0 Å². The first-order valence-corrected chi connectivity index (χ1v) is 13.9. The molecule has 1 aliphatic heterocycles. The van der Waals surface area contributed by atoms with E-state index in [4.69, 9.17) is 9.16 Å². The van der Waals surface area contributed by atoms with E-state index in [1.54, 1.807) is 0 Å². The van der Waals surface area contributed by atoms with E-state index in [0.717, 1.165) is 24.7 Å². The van der Waals surface area contributed by atoms with Gasteiger partial charge in [0.15, 0.2) is 8.32 Å². The van der Waals surface area contributed by atoms with Gasteiger partial charge in [-0.1, -0.05) is 27.2 Å². The second kappa shape index (κ2) is 6.99. The Kier molecular flexibility index (Phi) is 5.43. The van der Waals surface area contributed by atoms with Crippen molar-refractivity contribution in [2.45, 2.75) is 97.6 Å². The monoisotopic (exact) mass is 366 g/mol. The van der Waals surface area contributed by atoms with E-state index in [1.165, 1.54) is 32.1 Å². The highest BCUT2D eigenvalue weighted by atomic mass is 28.4. The quantitative estimate of drug-likeness (QED) is 0.483. The summed E-state index contributed by atoms with van der Waals surface area (Å²) in [7, 11) is -1.49. The Balaban J connectivity index is 1.66. The van der Waals surface area contributed by atoms with Crippen LogP contribution in [-0.4, -0.2) is 26.5 Å². The summed E-state index contributed by atoms with van der Waals surface area (Å²) in [5, 5.41) is 0. The number of hydrogen-bond acceptors (Lipinski definition) is 3. The van der Waals surface area contributed by atoms with Crippen molar-refractivity contribution in [3.8, 4) is 0 Å². The van der Waals surface area contributed by atoms with Gasteiger partial charge in [-0.25, -0.2) is 0 Å². The molecule has 1 heterocycles. The summed E-state index contributed by atoms with van der Waals surface area (Å²) in [6.45, 7) is 13.9. The highest BCUT2D eigenvalue weighted by Gasteiger charge is 2.53. The smallest absolute Gasteiger partial charge is 0.309 e. The molecule has 0 amide bonds. The van der Waals surface area contributed by atoms with Gasteiger partial charge in [0.25, 0.3) is 0 Å². The Hall–Kier alpha value is -0.353. The van der Waals surface area contributed by atoms with Crippen LogP contribution in [0.3, 0.4) is 0 Å². The topological polar surface area (TPSA) is 35.5 Å². The molecule has 2 unspecified atom stereocenters. The second-order valence-corrected chi connectivity index (χ2v) is 14.8. The predicted octanol–water partition coefficient (Wildman–Crippen LogP) is 5.40. The maximum Gasteiger partial charge on any atom is 0.309 e. The molecule has 4 heteroatoms. The van der Waals surface area contributed by atoms with Crippen molar-refractivity contribution in [2.75, 3.05) is 0 Å². The van der Waals surface area contributed by atoms with Crippen molar-refractivity contribution < 1.29 is 14.0 Å². The Morgan fingerprint density at radius 2 is 2.00 bits per heavy atom. The first-order valence-electron chi connectivity index (χ1n) is 10.5. The van der Waals surface area contributed by atoms with Crippen LogP contribution in [0, 0.1) is 29.1 Å². The molecule has 0 spiro atoms. The molecule has 25 heavy (non-hydrogen) atoms. The van der Waals surface area contributed by atoms with Crippen LogP contribution in [0.2, 0.25) is 19.6 Å². The van der Waals surface area contributed by atoms with E-state index in [2.05, 4.69) is 33.5 Å². The summed E-state index contributed by atoms with van der Waals surface area (Å²) >= 11 is 0. The molecule has 0 bridgehead atoms. The van der Waals surface area contributed by atoms with Crippen molar-refractivity contribution in [3.05, 3.63) is 0 Å². The van der Waals surface area contributed by atoms with Crippen molar-refractivity contribution in [2.24, 2.45) is 29.1 Å². The lowest BCUT2D eigenvalue weighted by molar-refractivity contribution is -0.144. The van der Waals surface area contributed by atoms with Gasteiger partial charge < -0.3 is 9.16 Å². The zero-order chi connectivity index (χ0) is 18.4. The molecular weight excluding hydrogens is 328 g/mol. The molecule has 2 saturated carbocycles. The van der Waals surface area contributed by atoms with Crippen molar-refractivity contribution in [1.82, 2.24) is 0 Å². The average molecular weight is 367 g/mol. The Labute approximate surface area is 155 Å². The van der Waals surface area contributed by atoms with Crippen LogP contribution in [0.25, 0.3) is 0 Å². The molecule has 144 valence electrons. The molecule has 0 aromatic rings. The van der Waals surface area contributed by atoms with E-state index in [9.17, 15) is 4.79 Å². The van der Waals surface area contributed by atoms with Crippen LogP contribution in [0.15, 0.2) is 0 Å². The van der Waals surface area contributed by atoms with E-state index >= 15 is 0 Å². The van der Waals surface area contributed by atoms with Crippen molar-refractivity contribution >= 4 is 14.3 Å². The minimum absolute atomic E-state index is 0.00831. The van der Waals surface area contributed by atoms with Crippen LogP contribution in [-0.2, 0) is 14.0 Å². The number of ether oxygens (including phenoxy) is 1. The summed E-state index contributed by atoms with van der Waals surface area (Å²) in [6.07, 6.45) is 9.14. The highest BCUT2D eigenvalue weighted by molar-refractivity contribution is 6.69. The van der Waals surface area contributed by atoms with Crippen LogP contribution in [0.5, 0.6) is 0 Å². The third-order valence-corrected chi connectivity index (χ3v) is 8.27. The third kappa shape index (κ3) is 4.00. The Bertz CT molecular complexity index is 500. The maximum absolute atomic E-state index is 11.7. The largest absolute Gasteiger partial charge is 0.462 e. The molecule has 3 fully saturated rings. The van der Waals surface area contributed by atoms with Gasteiger partial charge in [0, 0.05) is 6.10 Å². The molecular formula is C21H38O3Si. The first kappa shape index (κ1) is 19.4. The number of rotatable bonds is 5. The van der Waals surface area contributed by atoms with Crippen LogP contribution in [0.4, 0.5) is 0 Å². The summed E-state index contributed by atoms with van der Waals surface area (Å²) in [6, 6.07) is 0. The fourth-order valence-electron chi connectivity index (χ4n) is 6.23. The molecule has 3 aliphatic rings. The normalized spacial score (nSPS) is 43.0. The molecule has 3 rings (SSSR count). The van der Waals surface area contributed by atoms with Gasteiger partial charge >= 0.3 is 5.97 Å². The van der Waals surface area contributed by atoms with E-state index < -0.39 is 8.32 Å². The Morgan fingerprint density at radius 1 is 1.28 bits per heavy atom. The number of cyclic esters (lactones) is 1. The SMILES string of the molecule is C[C@H](C[C@@H]1C[C@H](C)C(=O)O1)[C@H]1CCC2C(O[Si](C)(C)C)CCC[C@@]21C. The molecule has 2 aliphatic carbocycles. The number of fused-ring (bicyclic) bond motifs is 1. The van der Waals surface area contributed by atoms with Crippen molar-refractivity contribution in [1.29, 1.82) is 0 Å². The predicted molar refractivity (Wildman–Crippen MR) is 104 cm³/mol. The molecule has 0 aromatic heterocycles. The average Bonchev–Trinajstić information content (AvgIpc) is 2.98. The summed E-state index contributed by atoms with van der Waals surface area (Å²) < 4.78 is 12.2. The fourth-order valence-corrected chi connectivity index (χ4v) is 7.42. The van der Waals surface area contributed by atoms with Gasteiger partial charge in [0.2, 0.25) is 0 Å². The zero-order valence-electron chi connectivity index (χ0n) is 17.1. The van der Waals surface area contributed by atoms with E-state index in [0.29, 0.717) is 17.4 Å². The van der Waals surface area contributed by atoms with Gasteiger partial charge in [-0.2, -0.15) is 0 Å². The molecule has 0 aromatic carbocycles. The molecule has 3 nitrogen and oxygen atoms in total.